The van der Waals surface area contributed by atoms with Crippen LogP contribution in [0.1, 0.15) is 60.3 Å². The third-order valence-electron chi connectivity index (χ3n) is 5.99. The van der Waals surface area contributed by atoms with Gasteiger partial charge in [0.05, 0.1) is 16.8 Å². The van der Waals surface area contributed by atoms with Crippen LogP contribution in [-0.2, 0) is 29.4 Å². The van der Waals surface area contributed by atoms with E-state index in [-0.39, 0.29) is 41.2 Å². The maximum absolute atomic E-state index is 14.7. The number of hydrogen-bond donors (Lipinski definition) is 1. The first-order valence-electron chi connectivity index (χ1n) is 12.0. The molecule has 0 atom stereocenters. The molecule has 0 aromatic heterocycles. The zero-order valence-corrected chi connectivity index (χ0v) is 22.3. The molecular weight excluding hydrogens is 520 g/mol. The Morgan fingerprint density at radius 3 is 2.16 bits per heavy atom. The number of hydrogen-bond acceptors (Lipinski definition) is 2. The number of benzene rings is 3. The Labute approximate surface area is 224 Å². The van der Waals surface area contributed by atoms with Gasteiger partial charge < -0.3 is 10.2 Å². The van der Waals surface area contributed by atoms with Gasteiger partial charge in [0, 0.05) is 25.0 Å². The van der Waals surface area contributed by atoms with Gasteiger partial charge in [0.2, 0.25) is 5.91 Å². The number of carbonyl (C=O) groups is 2. The van der Waals surface area contributed by atoms with Gasteiger partial charge in [0.25, 0.3) is 5.91 Å². The molecule has 0 saturated heterocycles. The van der Waals surface area contributed by atoms with Gasteiger partial charge in [-0.3, -0.25) is 9.59 Å². The van der Waals surface area contributed by atoms with E-state index in [4.69, 9.17) is 11.6 Å². The summed E-state index contributed by atoms with van der Waals surface area (Å²) in [6.07, 6.45) is -4.37. The van der Waals surface area contributed by atoms with Crippen molar-refractivity contribution < 1.29 is 27.2 Å². The topological polar surface area (TPSA) is 49.4 Å². The molecule has 0 bridgehead atoms. The van der Waals surface area contributed by atoms with Crippen molar-refractivity contribution in [2.75, 3.05) is 11.9 Å². The van der Waals surface area contributed by atoms with E-state index in [0.29, 0.717) is 5.56 Å². The van der Waals surface area contributed by atoms with Crippen LogP contribution in [-0.4, -0.2) is 23.3 Å². The van der Waals surface area contributed by atoms with Crippen LogP contribution < -0.4 is 5.32 Å². The lowest BCUT2D eigenvalue weighted by molar-refractivity contribution is -0.137. The fourth-order valence-corrected chi connectivity index (χ4v) is 4.17. The molecular formula is C29H29ClF4N2O2. The van der Waals surface area contributed by atoms with Gasteiger partial charge in [0.1, 0.15) is 5.82 Å². The first-order valence-corrected chi connectivity index (χ1v) is 12.3. The van der Waals surface area contributed by atoms with Crippen molar-refractivity contribution in [2.45, 2.75) is 52.3 Å². The summed E-state index contributed by atoms with van der Waals surface area (Å²) in [6, 6.07) is 14.8. The highest BCUT2D eigenvalue weighted by molar-refractivity contribution is 6.31. The molecule has 0 spiro atoms. The van der Waals surface area contributed by atoms with Crippen LogP contribution in [0.2, 0.25) is 5.02 Å². The SMILES string of the molecule is CC(=O)Nc1c(F)cc(Cl)cc1C(=O)N(CCc1cccc(C(F)(F)F)c1)Cc1ccc(C(C)(C)C)cc1. The molecule has 9 heteroatoms. The molecule has 4 nitrogen and oxygen atoms in total. The van der Waals surface area contributed by atoms with Crippen LogP contribution in [0.3, 0.4) is 0 Å². The van der Waals surface area contributed by atoms with Gasteiger partial charge in [-0.25, -0.2) is 4.39 Å². The summed E-state index contributed by atoms with van der Waals surface area (Å²) in [6.45, 7) is 7.55. The van der Waals surface area contributed by atoms with E-state index in [0.717, 1.165) is 29.3 Å². The van der Waals surface area contributed by atoms with Crippen LogP contribution >= 0.6 is 11.6 Å². The molecule has 0 unspecified atom stereocenters. The summed E-state index contributed by atoms with van der Waals surface area (Å²) in [5, 5.41) is 2.31. The van der Waals surface area contributed by atoms with Gasteiger partial charge in [-0.15, -0.1) is 0 Å². The minimum Gasteiger partial charge on any atom is -0.334 e. The summed E-state index contributed by atoms with van der Waals surface area (Å²) in [4.78, 5) is 26.8. The van der Waals surface area contributed by atoms with Crippen molar-refractivity contribution in [3.63, 3.8) is 0 Å². The molecule has 3 aromatic rings. The largest absolute Gasteiger partial charge is 0.416 e. The molecule has 3 aromatic carbocycles. The number of nitrogens with zero attached hydrogens (tertiary/aromatic N) is 1. The number of rotatable bonds is 7. The lowest BCUT2D eigenvalue weighted by Crippen LogP contribution is -2.33. The van der Waals surface area contributed by atoms with Gasteiger partial charge in [-0.05, 0) is 46.7 Å². The fourth-order valence-electron chi connectivity index (χ4n) is 3.97. The highest BCUT2D eigenvalue weighted by Gasteiger charge is 2.30. The number of amides is 2. The van der Waals surface area contributed by atoms with Crippen LogP contribution in [0.4, 0.5) is 23.2 Å². The Balaban J connectivity index is 1.97. The van der Waals surface area contributed by atoms with E-state index in [2.05, 4.69) is 26.1 Å². The molecule has 0 aliphatic carbocycles. The van der Waals surface area contributed by atoms with E-state index in [1.54, 1.807) is 6.07 Å². The first kappa shape index (κ1) is 29.2. The fraction of sp³-hybridized carbons (Fsp3) is 0.310. The first-order chi connectivity index (χ1) is 17.6. The molecule has 38 heavy (non-hydrogen) atoms. The number of anilines is 1. The van der Waals surface area contributed by atoms with Gasteiger partial charge in [0.15, 0.2) is 0 Å². The van der Waals surface area contributed by atoms with Crippen LogP contribution in [0.25, 0.3) is 0 Å². The van der Waals surface area contributed by atoms with E-state index >= 15 is 0 Å². The summed E-state index contributed by atoms with van der Waals surface area (Å²) in [7, 11) is 0. The predicted octanol–water partition coefficient (Wildman–Crippen LogP) is 7.64. The molecule has 3 rings (SSSR count). The second-order valence-electron chi connectivity index (χ2n) is 10.1. The molecule has 1 N–H and O–H groups in total. The maximum atomic E-state index is 14.7. The number of carbonyl (C=O) groups excluding carboxylic acids is 2. The second-order valence-corrected chi connectivity index (χ2v) is 10.5. The monoisotopic (exact) mass is 548 g/mol. The lowest BCUT2D eigenvalue weighted by Gasteiger charge is -2.25. The minimum atomic E-state index is -4.49. The zero-order chi connectivity index (χ0) is 28.3. The molecule has 0 fully saturated rings. The Morgan fingerprint density at radius 1 is 0.921 bits per heavy atom. The quantitative estimate of drug-likeness (QED) is 0.308. The van der Waals surface area contributed by atoms with E-state index in [1.807, 2.05) is 24.3 Å². The Morgan fingerprint density at radius 2 is 1.58 bits per heavy atom. The second kappa shape index (κ2) is 11.6. The molecule has 0 radical (unpaired) electrons. The van der Waals surface area contributed by atoms with Crippen molar-refractivity contribution in [3.05, 3.63) is 99.3 Å². The highest BCUT2D eigenvalue weighted by atomic mass is 35.5. The van der Waals surface area contributed by atoms with E-state index < -0.39 is 29.4 Å². The average molecular weight is 549 g/mol. The van der Waals surface area contributed by atoms with Crippen molar-refractivity contribution in [2.24, 2.45) is 0 Å². The van der Waals surface area contributed by atoms with Crippen molar-refractivity contribution in [1.82, 2.24) is 4.90 Å². The zero-order valence-electron chi connectivity index (χ0n) is 21.5. The Hall–Kier alpha value is -3.39. The third kappa shape index (κ3) is 7.57. The van der Waals surface area contributed by atoms with E-state index in [9.17, 15) is 27.2 Å². The number of alkyl halides is 3. The Bertz CT molecular complexity index is 1320. The van der Waals surface area contributed by atoms with Crippen LogP contribution in [0, 0.1) is 5.82 Å². The average Bonchev–Trinajstić information content (AvgIpc) is 2.82. The molecule has 0 heterocycles. The normalized spacial score (nSPS) is 11.8. The van der Waals surface area contributed by atoms with E-state index in [1.165, 1.54) is 24.0 Å². The predicted molar refractivity (Wildman–Crippen MR) is 141 cm³/mol. The standard InChI is InChI=1S/C29H29ClF4N2O2/c1-18(37)35-26-24(15-23(30)16-25(26)31)27(38)36(17-20-8-10-21(11-9-20)28(2,3)4)13-12-19-6-5-7-22(14-19)29(32,33)34/h5-11,14-16H,12-13,17H2,1-4H3,(H,35,37). The summed E-state index contributed by atoms with van der Waals surface area (Å²) in [5.41, 5.74) is 0.936. The van der Waals surface area contributed by atoms with Crippen molar-refractivity contribution in [1.29, 1.82) is 0 Å². The maximum Gasteiger partial charge on any atom is 0.416 e. The Kier molecular flexibility index (Phi) is 8.87. The van der Waals surface area contributed by atoms with Crippen LogP contribution in [0.5, 0.6) is 0 Å². The summed E-state index contributed by atoms with van der Waals surface area (Å²) in [5.74, 6) is -2.07. The summed E-state index contributed by atoms with van der Waals surface area (Å²) >= 11 is 6.03. The third-order valence-corrected chi connectivity index (χ3v) is 6.21. The minimum absolute atomic E-state index is 0.0349. The molecule has 202 valence electrons. The highest BCUT2D eigenvalue weighted by Crippen LogP contribution is 2.30. The summed E-state index contributed by atoms with van der Waals surface area (Å²) < 4.78 is 54.3. The molecule has 0 aliphatic rings. The van der Waals surface area contributed by atoms with Gasteiger partial charge >= 0.3 is 6.18 Å². The molecule has 0 saturated carbocycles. The van der Waals surface area contributed by atoms with Crippen molar-refractivity contribution in [3.8, 4) is 0 Å². The molecule has 2 amide bonds. The smallest absolute Gasteiger partial charge is 0.334 e. The van der Waals surface area contributed by atoms with Gasteiger partial charge in [-0.2, -0.15) is 13.2 Å². The number of halogens is 5. The number of nitrogens with one attached hydrogen (secondary N) is 1. The lowest BCUT2D eigenvalue weighted by atomic mass is 9.87. The van der Waals surface area contributed by atoms with Gasteiger partial charge in [-0.1, -0.05) is 74.8 Å². The molecule has 0 aliphatic heterocycles. The van der Waals surface area contributed by atoms with Crippen molar-refractivity contribution >= 4 is 29.1 Å². The van der Waals surface area contributed by atoms with Crippen LogP contribution in [0.15, 0.2) is 60.7 Å².